The van der Waals surface area contributed by atoms with Gasteiger partial charge in [0, 0.05) is 11.6 Å². The molecule has 0 heterocycles. The first-order valence-electron chi connectivity index (χ1n) is 7.49. The Kier molecular flexibility index (Phi) is 4.52. The second-order valence-electron chi connectivity index (χ2n) is 5.32. The summed E-state index contributed by atoms with van der Waals surface area (Å²) in [4.78, 5) is 21.3. The number of nitro benzene ring substituents is 2. The molecule has 25 heavy (non-hydrogen) atoms. The number of rotatable bonds is 5. The highest BCUT2D eigenvalue weighted by atomic mass is 16.6. The number of hydrogen-bond acceptors (Lipinski definition) is 4. The monoisotopic (exact) mass is 333 g/mol. The number of benzene rings is 3. The van der Waals surface area contributed by atoms with Gasteiger partial charge in [0.15, 0.2) is 0 Å². The summed E-state index contributed by atoms with van der Waals surface area (Å²) in [6, 6.07) is 22.2. The molecule has 0 N–H and O–H groups in total. The molecule has 0 saturated heterocycles. The quantitative estimate of drug-likeness (QED) is 0.390. The van der Waals surface area contributed by atoms with Crippen LogP contribution in [0.25, 0.3) is 0 Å². The van der Waals surface area contributed by atoms with Crippen molar-refractivity contribution in [2.24, 2.45) is 0 Å². The number of non-ortho nitro benzene ring substituents is 1. The number of nitrogens with zero attached hydrogens (tertiary/aromatic N) is 2. The Hall–Kier alpha value is -3.54. The predicted octanol–water partition coefficient (Wildman–Crippen LogP) is 4.52. The topological polar surface area (TPSA) is 86.3 Å². The first-order valence-corrected chi connectivity index (χ1v) is 7.49. The molecule has 6 heteroatoms. The Labute approximate surface area is 143 Å². The molecule has 0 atom stereocenters. The molecule has 0 bridgehead atoms. The summed E-state index contributed by atoms with van der Waals surface area (Å²) in [7, 11) is 0. The van der Waals surface area contributed by atoms with Crippen LogP contribution in [-0.2, 0) is 0 Å². The van der Waals surface area contributed by atoms with E-state index in [0.29, 0.717) is 11.5 Å². The van der Waals surface area contributed by atoms with Crippen LogP contribution in [0.4, 0.5) is 11.4 Å². The lowest BCUT2D eigenvalue weighted by Gasteiger charge is -2.17. The first kappa shape index (κ1) is 16.3. The van der Waals surface area contributed by atoms with Crippen LogP contribution in [0.5, 0.6) is 0 Å². The van der Waals surface area contributed by atoms with Crippen LogP contribution in [0.15, 0.2) is 78.9 Å². The van der Waals surface area contributed by atoms with Crippen molar-refractivity contribution in [1.82, 2.24) is 0 Å². The maximum absolute atomic E-state index is 11.5. The van der Waals surface area contributed by atoms with E-state index in [-0.39, 0.29) is 11.4 Å². The van der Waals surface area contributed by atoms with Gasteiger partial charge >= 0.3 is 0 Å². The molecular weight excluding hydrogens is 320 g/mol. The molecule has 6 nitrogen and oxygen atoms in total. The fourth-order valence-corrected chi connectivity index (χ4v) is 2.68. The summed E-state index contributed by atoms with van der Waals surface area (Å²) in [6.45, 7) is 0. The van der Waals surface area contributed by atoms with Crippen LogP contribution in [0.3, 0.4) is 0 Å². The van der Waals surface area contributed by atoms with Gasteiger partial charge in [0.25, 0.3) is 11.4 Å². The zero-order chi connectivity index (χ0) is 17.8. The lowest BCUT2D eigenvalue weighted by molar-refractivity contribution is -0.394. The molecule has 0 spiro atoms. The summed E-state index contributed by atoms with van der Waals surface area (Å²) in [6.07, 6.45) is 0. The Morgan fingerprint density at radius 2 is 1.20 bits per heavy atom. The van der Waals surface area contributed by atoms with Crippen molar-refractivity contribution in [2.75, 3.05) is 0 Å². The van der Waals surface area contributed by atoms with Gasteiger partial charge < -0.3 is 0 Å². The predicted molar refractivity (Wildman–Crippen MR) is 93.2 cm³/mol. The molecule has 3 rings (SSSR count). The SMILES string of the molecule is O=[N+]([O-])c1ccc([C](c2ccccc2)c2ccccc2)c([N+](=O)[O-])c1. The average Bonchev–Trinajstić information content (AvgIpc) is 2.63. The van der Waals surface area contributed by atoms with Gasteiger partial charge in [-0.15, -0.1) is 0 Å². The van der Waals surface area contributed by atoms with Gasteiger partial charge in [-0.25, -0.2) is 0 Å². The molecule has 123 valence electrons. The second kappa shape index (κ2) is 6.92. The minimum absolute atomic E-state index is 0.295. The minimum atomic E-state index is -0.637. The van der Waals surface area contributed by atoms with Crippen LogP contribution in [-0.4, -0.2) is 9.85 Å². The lowest BCUT2D eigenvalue weighted by atomic mass is 9.84. The van der Waals surface area contributed by atoms with E-state index in [1.54, 1.807) is 0 Å². The van der Waals surface area contributed by atoms with Crippen molar-refractivity contribution >= 4 is 11.4 Å². The molecule has 0 fully saturated rings. The van der Waals surface area contributed by atoms with Gasteiger partial charge in [-0.1, -0.05) is 60.7 Å². The average molecular weight is 333 g/mol. The van der Waals surface area contributed by atoms with E-state index in [0.717, 1.165) is 17.2 Å². The number of hydrogen-bond donors (Lipinski definition) is 0. The smallest absolute Gasteiger partial charge is 0.258 e. The third kappa shape index (κ3) is 3.37. The van der Waals surface area contributed by atoms with Crippen LogP contribution in [0, 0.1) is 26.1 Å². The van der Waals surface area contributed by atoms with E-state index in [9.17, 15) is 20.2 Å². The molecule has 1 radical (unpaired) electrons. The van der Waals surface area contributed by atoms with E-state index in [4.69, 9.17) is 0 Å². The van der Waals surface area contributed by atoms with Crippen molar-refractivity contribution < 1.29 is 9.85 Å². The van der Waals surface area contributed by atoms with Crippen molar-refractivity contribution in [2.45, 2.75) is 0 Å². The van der Waals surface area contributed by atoms with Crippen LogP contribution >= 0.6 is 0 Å². The third-order valence-electron chi connectivity index (χ3n) is 3.78. The highest BCUT2D eigenvalue weighted by Crippen LogP contribution is 2.37. The van der Waals surface area contributed by atoms with Gasteiger partial charge in [0.1, 0.15) is 0 Å². The molecule has 3 aromatic rings. The van der Waals surface area contributed by atoms with Crippen molar-refractivity contribution in [3.63, 3.8) is 0 Å². The molecule has 0 unspecified atom stereocenters. The van der Waals surface area contributed by atoms with E-state index < -0.39 is 9.85 Å². The Balaban J connectivity index is 2.24. The van der Waals surface area contributed by atoms with Crippen molar-refractivity contribution in [3.8, 4) is 0 Å². The van der Waals surface area contributed by atoms with E-state index in [1.165, 1.54) is 12.1 Å². The molecule has 0 aliphatic heterocycles. The van der Waals surface area contributed by atoms with Crippen molar-refractivity contribution in [1.29, 1.82) is 0 Å². The lowest BCUT2D eigenvalue weighted by Crippen LogP contribution is -2.08. The molecule has 0 saturated carbocycles. The van der Waals surface area contributed by atoms with Gasteiger partial charge in [-0.2, -0.15) is 0 Å². The van der Waals surface area contributed by atoms with Crippen LogP contribution in [0.1, 0.15) is 16.7 Å². The summed E-state index contributed by atoms with van der Waals surface area (Å²) in [5, 5.41) is 22.5. The largest absolute Gasteiger partial charge is 0.280 e. The molecular formula is C19H13N2O4. The van der Waals surface area contributed by atoms with E-state index in [1.807, 2.05) is 60.7 Å². The Morgan fingerprint density at radius 3 is 1.64 bits per heavy atom. The molecule has 0 aliphatic carbocycles. The zero-order valence-corrected chi connectivity index (χ0v) is 13.0. The molecule has 0 amide bonds. The summed E-state index contributed by atoms with van der Waals surface area (Å²) >= 11 is 0. The maximum atomic E-state index is 11.5. The van der Waals surface area contributed by atoms with Gasteiger partial charge in [0.05, 0.1) is 21.8 Å². The van der Waals surface area contributed by atoms with Crippen molar-refractivity contribution in [3.05, 3.63) is 122 Å². The van der Waals surface area contributed by atoms with Gasteiger partial charge in [-0.05, 0) is 17.2 Å². The highest BCUT2D eigenvalue weighted by Gasteiger charge is 2.28. The normalized spacial score (nSPS) is 10.6. The van der Waals surface area contributed by atoms with Crippen LogP contribution < -0.4 is 0 Å². The summed E-state index contributed by atoms with van der Waals surface area (Å²) in [5.41, 5.74) is 1.33. The Bertz CT molecular complexity index is 872. The van der Waals surface area contributed by atoms with Gasteiger partial charge in [0.2, 0.25) is 0 Å². The zero-order valence-electron chi connectivity index (χ0n) is 13.0. The van der Waals surface area contributed by atoms with Gasteiger partial charge in [-0.3, -0.25) is 20.2 Å². The second-order valence-corrected chi connectivity index (χ2v) is 5.32. The first-order chi connectivity index (χ1) is 12.1. The van der Waals surface area contributed by atoms with E-state index >= 15 is 0 Å². The fraction of sp³-hybridized carbons (Fsp3) is 0. The highest BCUT2D eigenvalue weighted by molar-refractivity contribution is 5.65. The molecule has 0 aromatic heterocycles. The Morgan fingerprint density at radius 1 is 0.680 bits per heavy atom. The van der Waals surface area contributed by atoms with E-state index in [2.05, 4.69) is 0 Å². The fourth-order valence-electron chi connectivity index (χ4n) is 2.68. The van der Waals surface area contributed by atoms with Crippen LogP contribution in [0.2, 0.25) is 0 Å². The minimum Gasteiger partial charge on any atom is -0.258 e. The summed E-state index contributed by atoms with van der Waals surface area (Å²) in [5.74, 6) is 0.655. The molecule has 0 aliphatic rings. The summed E-state index contributed by atoms with van der Waals surface area (Å²) < 4.78 is 0. The standard InChI is InChI=1S/C19H13N2O4/c22-20(23)16-11-12-17(18(13-16)21(24)25)19(14-7-3-1-4-8-14)15-9-5-2-6-10-15/h1-13H. The number of nitro groups is 2. The third-order valence-corrected chi connectivity index (χ3v) is 3.78. The molecule has 3 aromatic carbocycles. The maximum Gasteiger partial charge on any atom is 0.280 e.